The molecule has 4 nitrogen and oxygen atoms in total. The van der Waals surface area contributed by atoms with E-state index in [0.29, 0.717) is 12.3 Å². The van der Waals surface area contributed by atoms with Gasteiger partial charge in [-0.3, -0.25) is 0 Å². The van der Waals surface area contributed by atoms with Crippen molar-refractivity contribution < 1.29 is 4.52 Å². The summed E-state index contributed by atoms with van der Waals surface area (Å²) in [7, 11) is 0. The largest absolute Gasteiger partial charge is 0.358 e. The third-order valence-electron chi connectivity index (χ3n) is 3.88. The fraction of sp³-hybridized carbons (Fsp3) is 0.412. The molecule has 0 aliphatic heterocycles. The van der Waals surface area contributed by atoms with E-state index in [1.54, 1.807) is 0 Å². The van der Waals surface area contributed by atoms with Gasteiger partial charge in [0.05, 0.1) is 6.42 Å². The SMILES string of the molecule is CCCc1noc(Cc2c(C)[nH]c3c(C)cc(C)cc23)n1. The van der Waals surface area contributed by atoms with Crippen LogP contribution in [0.2, 0.25) is 0 Å². The third kappa shape index (κ3) is 2.58. The molecule has 0 fully saturated rings. The molecule has 0 amide bonds. The number of aromatic nitrogens is 3. The number of rotatable bonds is 4. The van der Waals surface area contributed by atoms with E-state index in [0.717, 1.165) is 18.7 Å². The second-order valence-corrected chi connectivity index (χ2v) is 5.76. The molecule has 0 spiro atoms. The van der Waals surface area contributed by atoms with E-state index < -0.39 is 0 Å². The van der Waals surface area contributed by atoms with Crippen LogP contribution in [0.25, 0.3) is 10.9 Å². The zero-order valence-corrected chi connectivity index (χ0v) is 13.1. The highest BCUT2D eigenvalue weighted by Crippen LogP contribution is 2.27. The number of aryl methyl sites for hydroxylation is 4. The first-order chi connectivity index (χ1) is 10.1. The molecule has 0 saturated carbocycles. The molecule has 0 aliphatic rings. The average Bonchev–Trinajstić information content (AvgIpc) is 2.98. The second kappa shape index (κ2) is 5.35. The quantitative estimate of drug-likeness (QED) is 0.786. The summed E-state index contributed by atoms with van der Waals surface area (Å²) in [5, 5.41) is 5.30. The van der Waals surface area contributed by atoms with Crippen molar-refractivity contribution in [2.75, 3.05) is 0 Å². The number of benzene rings is 1. The molecule has 0 unspecified atom stereocenters. The maximum absolute atomic E-state index is 5.38. The molecule has 1 N–H and O–H groups in total. The number of hydrogen-bond acceptors (Lipinski definition) is 3. The van der Waals surface area contributed by atoms with Crippen molar-refractivity contribution in [3.63, 3.8) is 0 Å². The Bertz CT molecular complexity index is 783. The Morgan fingerprint density at radius 3 is 2.76 bits per heavy atom. The molecule has 3 aromatic rings. The van der Waals surface area contributed by atoms with E-state index in [1.165, 1.54) is 33.3 Å². The fourth-order valence-corrected chi connectivity index (χ4v) is 2.90. The summed E-state index contributed by atoms with van der Waals surface area (Å²) in [5.41, 5.74) is 6.19. The summed E-state index contributed by atoms with van der Waals surface area (Å²) in [5.74, 6) is 1.50. The second-order valence-electron chi connectivity index (χ2n) is 5.76. The summed E-state index contributed by atoms with van der Waals surface area (Å²) in [4.78, 5) is 7.96. The first-order valence-electron chi connectivity index (χ1n) is 7.48. The predicted octanol–water partition coefficient (Wildman–Crippen LogP) is 4.02. The highest BCUT2D eigenvalue weighted by atomic mass is 16.5. The lowest BCUT2D eigenvalue weighted by Crippen LogP contribution is -1.92. The summed E-state index contributed by atoms with van der Waals surface area (Å²) in [6.45, 7) is 8.49. The van der Waals surface area contributed by atoms with E-state index in [4.69, 9.17) is 4.52 Å². The minimum atomic E-state index is 0.686. The van der Waals surface area contributed by atoms with Gasteiger partial charge in [-0.05, 0) is 44.4 Å². The van der Waals surface area contributed by atoms with E-state index in [-0.39, 0.29) is 0 Å². The summed E-state index contributed by atoms with van der Waals surface area (Å²) in [6, 6.07) is 4.43. The first kappa shape index (κ1) is 13.9. The maximum atomic E-state index is 5.38. The van der Waals surface area contributed by atoms with Crippen LogP contribution in [-0.2, 0) is 12.8 Å². The van der Waals surface area contributed by atoms with Crippen LogP contribution in [0, 0.1) is 20.8 Å². The van der Waals surface area contributed by atoms with Crippen molar-refractivity contribution in [1.82, 2.24) is 15.1 Å². The number of fused-ring (bicyclic) bond motifs is 1. The molecular weight excluding hydrogens is 262 g/mol. The predicted molar refractivity (Wildman–Crippen MR) is 83.6 cm³/mol. The van der Waals surface area contributed by atoms with E-state index >= 15 is 0 Å². The maximum Gasteiger partial charge on any atom is 0.231 e. The lowest BCUT2D eigenvalue weighted by molar-refractivity contribution is 0.379. The summed E-state index contributed by atoms with van der Waals surface area (Å²) >= 11 is 0. The van der Waals surface area contributed by atoms with Gasteiger partial charge in [-0.25, -0.2) is 0 Å². The van der Waals surface area contributed by atoms with Gasteiger partial charge in [0.2, 0.25) is 5.89 Å². The number of hydrogen-bond donors (Lipinski definition) is 1. The normalized spacial score (nSPS) is 11.4. The van der Waals surface area contributed by atoms with Crippen LogP contribution in [-0.4, -0.2) is 15.1 Å². The molecule has 3 rings (SSSR count). The standard InChI is InChI=1S/C17H21N3O/c1-5-6-15-19-16(21-20-15)9-13-12(4)18-17-11(3)7-10(2)8-14(13)17/h7-8,18H,5-6,9H2,1-4H3. The van der Waals surface area contributed by atoms with Crippen LogP contribution in [0.5, 0.6) is 0 Å². The van der Waals surface area contributed by atoms with Crippen LogP contribution >= 0.6 is 0 Å². The zero-order chi connectivity index (χ0) is 15.0. The van der Waals surface area contributed by atoms with E-state index in [9.17, 15) is 0 Å². The molecule has 110 valence electrons. The van der Waals surface area contributed by atoms with Crippen LogP contribution in [0.1, 0.15) is 47.4 Å². The third-order valence-corrected chi connectivity index (χ3v) is 3.88. The molecule has 0 atom stereocenters. The number of nitrogens with zero attached hydrogens (tertiary/aromatic N) is 2. The molecule has 2 aromatic heterocycles. The van der Waals surface area contributed by atoms with Crippen molar-refractivity contribution in [2.24, 2.45) is 0 Å². The Labute approximate surface area is 124 Å². The van der Waals surface area contributed by atoms with Crippen molar-refractivity contribution in [3.8, 4) is 0 Å². The van der Waals surface area contributed by atoms with Gasteiger partial charge in [0, 0.05) is 23.0 Å². The van der Waals surface area contributed by atoms with Gasteiger partial charge in [-0.1, -0.05) is 23.7 Å². The minimum absolute atomic E-state index is 0.686. The van der Waals surface area contributed by atoms with Gasteiger partial charge in [0.15, 0.2) is 5.82 Å². The van der Waals surface area contributed by atoms with Gasteiger partial charge in [-0.15, -0.1) is 0 Å². The molecule has 21 heavy (non-hydrogen) atoms. The van der Waals surface area contributed by atoms with E-state index in [1.807, 2.05) is 0 Å². The van der Waals surface area contributed by atoms with Crippen LogP contribution < -0.4 is 0 Å². The molecule has 0 radical (unpaired) electrons. The van der Waals surface area contributed by atoms with Gasteiger partial charge in [-0.2, -0.15) is 4.98 Å². The van der Waals surface area contributed by atoms with Crippen molar-refractivity contribution in [1.29, 1.82) is 0 Å². The summed E-state index contributed by atoms with van der Waals surface area (Å²) in [6.07, 6.45) is 2.59. The Morgan fingerprint density at radius 1 is 1.19 bits per heavy atom. The lowest BCUT2D eigenvalue weighted by atomic mass is 10.0. The van der Waals surface area contributed by atoms with Crippen molar-refractivity contribution in [2.45, 2.75) is 47.0 Å². The monoisotopic (exact) mass is 283 g/mol. The van der Waals surface area contributed by atoms with Gasteiger partial charge < -0.3 is 9.51 Å². The van der Waals surface area contributed by atoms with Gasteiger partial charge >= 0.3 is 0 Å². The smallest absolute Gasteiger partial charge is 0.231 e. The molecule has 0 aliphatic carbocycles. The zero-order valence-electron chi connectivity index (χ0n) is 13.1. The highest BCUT2D eigenvalue weighted by Gasteiger charge is 2.14. The average molecular weight is 283 g/mol. The topological polar surface area (TPSA) is 54.7 Å². The molecule has 2 heterocycles. The van der Waals surface area contributed by atoms with Crippen LogP contribution in [0.3, 0.4) is 0 Å². The first-order valence-corrected chi connectivity index (χ1v) is 7.48. The van der Waals surface area contributed by atoms with Gasteiger partial charge in [0.25, 0.3) is 0 Å². The Kier molecular flexibility index (Phi) is 3.53. The molecule has 0 saturated heterocycles. The number of H-pyrrole nitrogens is 1. The van der Waals surface area contributed by atoms with Crippen molar-refractivity contribution >= 4 is 10.9 Å². The van der Waals surface area contributed by atoms with Crippen LogP contribution in [0.15, 0.2) is 16.7 Å². The Hall–Kier alpha value is -2.10. The molecular formula is C17H21N3O. The Morgan fingerprint density at radius 2 is 2.00 bits per heavy atom. The molecule has 1 aromatic carbocycles. The van der Waals surface area contributed by atoms with E-state index in [2.05, 4.69) is 55.0 Å². The van der Waals surface area contributed by atoms with Gasteiger partial charge in [0.1, 0.15) is 0 Å². The lowest BCUT2D eigenvalue weighted by Gasteiger charge is -2.01. The molecule has 4 heteroatoms. The number of nitrogens with one attached hydrogen (secondary N) is 1. The number of aromatic amines is 1. The Balaban J connectivity index is 2.01. The highest BCUT2D eigenvalue weighted by molar-refractivity contribution is 5.88. The minimum Gasteiger partial charge on any atom is -0.358 e. The fourth-order valence-electron chi connectivity index (χ4n) is 2.90. The molecule has 0 bridgehead atoms. The van der Waals surface area contributed by atoms with Crippen molar-refractivity contribution in [3.05, 3.63) is 46.2 Å². The summed E-state index contributed by atoms with van der Waals surface area (Å²) < 4.78 is 5.38. The van der Waals surface area contributed by atoms with Crippen LogP contribution in [0.4, 0.5) is 0 Å².